The lowest BCUT2D eigenvalue weighted by atomic mass is 10.0. The molecule has 0 spiro atoms. The summed E-state index contributed by atoms with van der Waals surface area (Å²) in [7, 11) is 1.62. The van der Waals surface area contributed by atoms with Crippen LogP contribution in [0.1, 0.15) is 18.9 Å². The van der Waals surface area contributed by atoms with E-state index >= 15 is 0 Å². The zero-order chi connectivity index (χ0) is 14.4. The Bertz CT molecular complexity index is 555. The Hall–Kier alpha value is -1.58. The van der Waals surface area contributed by atoms with Crippen molar-refractivity contribution in [2.24, 2.45) is 0 Å². The number of hydrogen-bond acceptors (Lipinski definition) is 3. The lowest BCUT2D eigenvalue weighted by Crippen LogP contribution is -2.14. The molecule has 1 N–H and O–H groups in total. The van der Waals surface area contributed by atoms with Crippen LogP contribution < -0.4 is 10.1 Å². The summed E-state index contributed by atoms with van der Waals surface area (Å²) in [5.41, 5.74) is 3.39. The smallest absolute Gasteiger partial charge is 0.212 e. The number of nitrogens with one attached hydrogen (secondary N) is 1. The fraction of sp³-hybridized carbons (Fsp3) is 0.312. The molecule has 2 aromatic rings. The second-order valence-electron chi connectivity index (χ2n) is 4.57. The topological polar surface area (TPSA) is 34.1 Å². The van der Waals surface area contributed by atoms with Crippen LogP contribution in [0, 0.1) is 0 Å². The minimum Gasteiger partial charge on any atom is -0.481 e. The van der Waals surface area contributed by atoms with Gasteiger partial charge in [-0.2, -0.15) is 0 Å². The molecule has 0 bridgehead atoms. The van der Waals surface area contributed by atoms with E-state index in [4.69, 9.17) is 16.3 Å². The van der Waals surface area contributed by atoms with Gasteiger partial charge in [-0.05, 0) is 42.3 Å². The van der Waals surface area contributed by atoms with E-state index in [-0.39, 0.29) is 0 Å². The van der Waals surface area contributed by atoms with Crippen LogP contribution in [0.25, 0.3) is 11.1 Å². The highest BCUT2D eigenvalue weighted by atomic mass is 35.5. The van der Waals surface area contributed by atoms with Crippen LogP contribution in [-0.4, -0.2) is 18.6 Å². The van der Waals surface area contributed by atoms with E-state index in [0.29, 0.717) is 5.88 Å². The molecular weight excluding hydrogens is 272 g/mol. The van der Waals surface area contributed by atoms with E-state index in [1.54, 1.807) is 7.11 Å². The number of ether oxygens (including phenoxy) is 1. The number of aromatic nitrogens is 1. The molecule has 20 heavy (non-hydrogen) atoms. The van der Waals surface area contributed by atoms with E-state index in [1.807, 2.05) is 36.5 Å². The largest absolute Gasteiger partial charge is 0.481 e. The number of halogens is 1. The Morgan fingerprint density at radius 1 is 1.25 bits per heavy atom. The standard InChI is InChI=1S/C16H19ClN2O/c1-3-8-18-10-13-9-14(17)5-6-15(13)12-4-7-16(20-2)19-11-12/h4-7,9,11,18H,3,8,10H2,1-2H3. The SMILES string of the molecule is CCCNCc1cc(Cl)ccc1-c1ccc(OC)nc1. The summed E-state index contributed by atoms with van der Waals surface area (Å²) in [6, 6.07) is 9.83. The summed E-state index contributed by atoms with van der Waals surface area (Å²) in [6.07, 6.45) is 2.94. The van der Waals surface area contributed by atoms with Crippen molar-refractivity contribution in [2.75, 3.05) is 13.7 Å². The van der Waals surface area contributed by atoms with Crippen molar-refractivity contribution >= 4 is 11.6 Å². The fourth-order valence-electron chi connectivity index (χ4n) is 2.05. The highest BCUT2D eigenvalue weighted by Crippen LogP contribution is 2.27. The maximum atomic E-state index is 6.10. The van der Waals surface area contributed by atoms with Gasteiger partial charge in [0.2, 0.25) is 5.88 Å². The average molecular weight is 291 g/mol. The first kappa shape index (κ1) is 14.8. The lowest BCUT2D eigenvalue weighted by Gasteiger charge is -2.11. The predicted octanol–water partition coefficient (Wildman–Crippen LogP) is 3.91. The minimum absolute atomic E-state index is 0.619. The molecule has 106 valence electrons. The second kappa shape index (κ2) is 7.27. The third kappa shape index (κ3) is 3.71. The maximum absolute atomic E-state index is 6.10. The van der Waals surface area contributed by atoms with Crippen molar-refractivity contribution in [3.63, 3.8) is 0 Å². The summed E-state index contributed by atoms with van der Waals surface area (Å²) < 4.78 is 5.09. The number of rotatable bonds is 6. The molecule has 0 aliphatic heterocycles. The Morgan fingerprint density at radius 2 is 2.10 bits per heavy atom. The number of pyridine rings is 1. The number of hydrogen-bond donors (Lipinski definition) is 1. The molecule has 1 aromatic carbocycles. The quantitative estimate of drug-likeness (QED) is 0.819. The van der Waals surface area contributed by atoms with Gasteiger partial charge in [0.05, 0.1) is 7.11 Å². The first-order valence-corrected chi connectivity index (χ1v) is 7.12. The van der Waals surface area contributed by atoms with Crippen LogP contribution in [-0.2, 0) is 6.54 Å². The minimum atomic E-state index is 0.619. The van der Waals surface area contributed by atoms with Crippen LogP contribution in [0.5, 0.6) is 5.88 Å². The van der Waals surface area contributed by atoms with Gasteiger partial charge < -0.3 is 10.1 Å². The molecule has 0 aliphatic carbocycles. The Kier molecular flexibility index (Phi) is 5.39. The van der Waals surface area contributed by atoms with E-state index in [2.05, 4.69) is 17.2 Å². The highest BCUT2D eigenvalue weighted by Gasteiger charge is 2.07. The third-order valence-corrected chi connectivity index (χ3v) is 3.30. The molecule has 0 saturated carbocycles. The van der Waals surface area contributed by atoms with E-state index in [9.17, 15) is 0 Å². The van der Waals surface area contributed by atoms with Crippen molar-refractivity contribution in [3.05, 3.63) is 47.1 Å². The average Bonchev–Trinajstić information content (AvgIpc) is 2.48. The van der Waals surface area contributed by atoms with Crippen molar-refractivity contribution in [3.8, 4) is 17.0 Å². The normalized spacial score (nSPS) is 10.6. The fourth-order valence-corrected chi connectivity index (χ4v) is 2.25. The van der Waals surface area contributed by atoms with Crippen molar-refractivity contribution in [1.29, 1.82) is 0 Å². The third-order valence-electron chi connectivity index (χ3n) is 3.07. The second-order valence-corrected chi connectivity index (χ2v) is 5.00. The molecule has 0 radical (unpaired) electrons. The Morgan fingerprint density at radius 3 is 2.75 bits per heavy atom. The summed E-state index contributed by atoms with van der Waals surface area (Å²) in [4.78, 5) is 4.26. The number of nitrogens with zero attached hydrogens (tertiary/aromatic N) is 1. The van der Waals surface area contributed by atoms with Gasteiger partial charge in [-0.25, -0.2) is 4.98 Å². The molecule has 4 heteroatoms. The molecule has 0 atom stereocenters. The van der Waals surface area contributed by atoms with E-state index in [1.165, 1.54) is 5.56 Å². The zero-order valence-corrected chi connectivity index (χ0v) is 12.6. The molecule has 0 aliphatic rings. The molecule has 2 rings (SSSR count). The van der Waals surface area contributed by atoms with Gasteiger partial charge in [-0.1, -0.05) is 24.6 Å². The van der Waals surface area contributed by atoms with Crippen LogP contribution in [0.4, 0.5) is 0 Å². The first-order valence-electron chi connectivity index (χ1n) is 6.74. The van der Waals surface area contributed by atoms with Gasteiger partial charge in [0.1, 0.15) is 0 Å². The van der Waals surface area contributed by atoms with Crippen molar-refractivity contribution in [2.45, 2.75) is 19.9 Å². The number of benzene rings is 1. The van der Waals surface area contributed by atoms with Crippen molar-refractivity contribution in [1.82, 2.24) is 10.3 Å². The van der Waals surface area contributed by atoms with E-state index in [0.717, 1.165) is 35.7 Å². The zero-order valence-electron chi connectivity index (χ0n) is 11.8. The molecule has 0 unspecified atom stereocenters. The molecule has 3 nitrogen and oxygen atoms in total. The van der Waals surface area contributed by atoms with Gasteiger partial charge in [0.15, 0.2) is 0 Å². The first-order chi connectivity index (χ1) is 9.74. The summed E-state index contributed by atoms with van der Waals surface area (Å²) in [6.45, 7) is 3.95. The Labute approximate surface area is 124 Å². The molecule has 0 amide bonds. The van der Waals surface area contributed by atoms with Gasteiger partial charge >= 0.3 is 0 Å². The predicted molar refractivity (Wildman–Crippen MR) is 83.2 cm³/mol. The molecule has 1 aromatic heterocycles. The number of methoxy groups -OCH3 is 1. The summed E-state index contributed by atoms with van der Waals surface area (Å²) in [5, 5.41) is 4.16. The van der Waals surface area contributed by atoms with Crippen LogP contribution in [0.3, 0.4) is 0 Å². The summed E-state index contributed by atoms with van der Waals surface area (Å²) in [5.74, 6) is 0.619. The van der Waals surface area contributed by atoms with Crippen molar-refractivity contribution < 1.29 is 4.74 Å². The molecule has 0 fully saturated rings. The van der Waals surface area contributed by atoms with E-state index < -0.39 is 0 Å². The molecule has 0 saturated heterocycles. The van der Waals surface area contributed by atoms with Crippen LogP contribution in [0.2, 0.25) is 5.02 Å². The van der Waals surface area contributed by atoms with Gasteiger partial charge in [0.25, 0.3) is 0 Å². The summed E-state index contributed by atoms with van der Waals surface area (Å²) >= 11 is 6.10. The van der Waals surface area contributed by atoms with Crippen LogP contribution >= 0.6 is 11.6 Å². The monoisotopic (exact) mass is 290 g/mol. The van der Waals surface area contributed by atoms with Gasteiger partial charge in [-0.15, -0.1) is 0 Å². The van der Waals surface area contributed by atoms with Gasteiger partial charge in [0, 0.05) is 29.4 Å². The van der Waals surface area contributed by atoms with Crippen LogP contribution in [0.15, 0.2) is 36.5 Å². The Balaban J connectivity index is 2.28. The highest BCUT2D eigenvalue weighted by molar-refractivity contribution is 6.30. The molecular formula is C16H19ClN2O. The molecule has 1 heterocycles. The maximum Gasteiger partial charge on any atom is 0.212 e. The lowest BCUT2D eigenvalue weighted by molar-refractivity contribution is 0.398. The van der Waals surface area contributed by atoms with Gasteiger partial charge in [-0.3, -0.25) is 0 Å².